The maximum atomic E-state index is 6.47. The topological polar surface area (TPSA) is 35.0 Å². The average molecular weight is 525 g/mol. The first-order valence-corrected chi connectivity index (χ1v) is 13.8. The average Bonchev–Trinajstić information content (AvgIpc) is 3.05. The zero-order valence-corrected chi connectivity index (χ0v) is 22.2. The number of hydrogen-bond acceptors (Lipinski definition) is 3. The fourth-order valence-electron chi connectivity index (χ4n) is 5.75. The van der Waals surface area contributed by atoms with Gasteiger partial charge in [0.2, 0.25) is 0 Å². The van der Waals surface area contributed by atoms with Crippen LogP contribution in [0.5, 0.6) is 11.5 Å². The minimum atomic E-state index is 0.690. The van der Waals surface area contributed by atoms with Gasteiger partial charge in [-0.25, -0.2) is 9.97 Å². The van der Waals surface area contributed by atoms with E-state index < -0.39 is 0 Å². The quantitative estimate of drug-likeness (QED) is 0.230. The lowest BCUT2D eigenvalue weighted by molar-refractivity contribution is 0.487. The fourth-order valence-corrected chi connectivity index (χ4v) is 5.75. The SMILES string of the molecule is c1ccc(-c2nc(-c3ccc4c(c3)Oc3cccc5cccc-4c35)cc(-c3ccccc3-c3ccccc3)n2)cc1. The van der Waals surface area contributed by atoms with Crippen LogP contribution in [0.15, 0.2) is 146 Å². The third-order valence-corrected chi connectivity index (χ3v) is 7.70. The van der Waals surface area contributed by atoms with E-state index in [1.54, 1.807) is 0 Å². The maximum absolute atomic E-state index is 6.47. The number of nitrogens with zero attached hydrogens (tertiary/aromatic N) is 2. The van der Waals surface area contributed by atoms with Gasteiger partial charge in [0.25, 0.3) is 0 Å². The Bertz CT molecular complexity index is 2060. The molecule has 41 heavy (non-hydrogen) atoms. The van der Waals surface area contributed by atoms with Crippen LogP contribution in [0.1, 0.15) is 0 Å². The summed E-state index contributed by atoms with van der Waals surface area (Å²) in [5, 5.41) is 2.34. The van der Waals surface area contributed by atoms with Crippen molar-refractivity contribution in [2.75, 3.05) is 0 Å². The number of fused-ring (bicyclic) bond motifs is 2. The van der Waals surface area contributed by atoms with Crippen molar-refractivity contribution in [1.82, 2.24) is 9.97 Å². The van der Waals surface area contributed by atoms with Crippen LogP contribution in [0.4, 0.5) is 0 Å². The highest BCUT2D eigenvalue weighted by molar-refractivity contribution is 6.04. The van der Waals surface area contributed by atoms with Gasteiger partial charge in [-0.15, -0.1) is 0 Å². The largest absolute Gasteiger partial charge is 0.456 e. The minimum absolute atomic E-state index is 0.690. The summed E-state index contributed by atoms with van der Waals surface area (Å²) < 4.78 is 6.47. The summed E-state index contributed by atoms with van der Waals surface area (Å²) >= 11 is 0. The van der Waals surface area contributed by atoms with Gasteiger partial charge in [-0.3, -0.25) is 0 Å². The molecule has 3 heteroatoms. The van der Waals surface area contributed by atoms with Crippen LogP contribution in [-0.4, -0.2) is 9.97 Å². The maximum Gasteiger partial charge on any atom is 0.160 e. The summed E-state index contributed by atoms with van der Waals surface area (Å²) in [6.45, 7) is 0. The Hall–Kier alpha value is -5.54. The Morgan fingerprint density at radius 1 is 0.390 bits per heavy atom. The van der Waals surface area contributed by atoms with Gasteiger partial charge in [0.1, 0.15) is 11.5 Å². The van der Waals surface area contributed by atoms with Crippen LogP contribution >= 0.6 is 0 Å². The summed E-state index contributed by atoms with van der Waals surface area (Å²) in [5.74, 6) is 2.41. The van der Waals surface area contributed by atoms with E-state index in [-0.39, 0.29) is 0 Å². The molecule has 0 atom stereocenters. The molecule has 0 aliphatic carbocycles. The van der Waals surface area contributed by atoms with Gasteiger partial charge in [0.05, 0.1) is 11.4 Å². The van der Waals surface area contributed by atoms with E-state index in [0.717, 1.165) is 61.7 Å². The molecule has 0 saturated heterocycles. The molecule has 0 spiro atoms. The molecule has 0 unspecified atom stereocenters. The van der Waals surface area contributed by atoms with Crippen LogP contribution < -0.4 is 4.74 Å². The highest BCUT2D eigenvalue weighted by atomic mass is 16.5. The zero-order chi connectivity index (χ0) is 27.2. The standard InChI is InChI=1S/C38H24N2O/c1-3-11-25(12-4-1)29-17-7-8-18-30(29)34-24-33(39-38(40-34)27-13-5-2-6-14-27)28-21-22-31-32-19-9-15-26-16-10-20-35(37(26)32)41-36(31)23-28/h1-24H. The molecule has 0 bridgehead atoms. The molecule has 0 amide bonds. The number of ether oxygens (including phenoxy) is 1. The first kappa shape index (κ1) is 23.4. The van der Waals surface area contributed by atoms with Crippen molar-refractivity contribution in [2.24, 2.45) is 0 Å². The first-order chi connectivity index (χ1) is 20.3. The first-order valence-electron chi connectivity index (χ1n) is 13.8. The Morgan fingerprint density at radius 3 is 1.85 bits per heavy atom. The highest BCUT2D eigenvalue weighted by Crippen LogP contribution is 2.47. The van der Waals surface area contributed by atoms with Crippen molar-refractivity contribution in [3.05, 3.63) is 146 Å². The molecule has 0 N–H and O–H groups in total. The van der Waals surface area contributed by atoms with Crippen molar-refractivity contribution >= 4 is 10.8 Å². The minimum Gasteiger partial charge on any atom is -0.456 e. The second kappa shape index (κ2) is 9.58. The molecule has 0 saturated carbocycles. The molecule has 192 valence electrons. The second-order valence-corrected chi connectivity index (χ2v) is 10.2. The lowest BCUT2D eigenvalue weighted by Crippen LogP contribution is -1.99. The monoisotopic (exact) mass is 524 g/mol. The molecule has 0 fully saturated rings. The van der Waals surface area contributed by atoms with Crippen LogP contribution in [0.3, 0.4) is 0 Å². The van der Waals surface area contributed by atoms with Crippen molar-refractivity contribution < 1.29 is 4.74 Å². The third-order valence-electron chi connectivity index (χ3n) is 7.70. The molecule has 2 heterocycles. The predicted molar refractivity (Wildman–Crippen MR) is 167 cm³/mol. The number of hydrogen-bond donors (Lipinski definition) is 0. The Labute approximate surface area is 238 Å². The number of benzene rings is 6. The van der Waals surface area contributed by atoms with Gasteiger partial charge < -0.3 is 4.74 Å². The highest BCUT2D eigenvalue weighted by Gasteiger charge is 2.21. The normalized spacial score (nSPS) is 11.6. The molecule has 1 aliphatic heterocycles. The van der Waals surface area contributed by atoms with E-state index in [4.69, 9.17) is 14.7 Å². The Morgan fingerprint density at radius 2 is 1.05 bits per heavy atom. The second-order valence-electron chi connectivity index (χ2n) is 10.2. The molecule has 3 nitrogen and oxygen atoms in total. The smallest absolute Gasteiger partial charge is 0.160 e. The van der Waals surface area contributed by atoms with E-state index in [1.807, 2.05) is 36.4 Å². The molecular weight excluding hydrogens is 500 g/mol. The van der Waals surface area contributed by atoms with Crippen molar-refractivity contribution in [3.8, 4) is 67.7 Å². The summed E-state index contributed by atoms with van der Waals surface area (Å²) in [6.07, 6.45) is 0. The van der Waals surface area contributed by atoms with Crippen molar-refractivity contribution in [2.45, 2.75) is 0 Å². The van der Waals surface area contributed by atoms with E-state index in [1.165, 1.54) is 10.9 Å². The summed E-state index contributed by atoms with van der Waals surface area (Å²) in [7, 11) is 0. The van der Waals surface area contributed by atoms with Crippen molar-refractivity contribution in [3.63, 3.8) is 0 Å². The van der Waals surface area contributed by atoms with Gasteiger partial charge >= 0.3 is 0 Å². The zero-order valence-electron chi connectivity index (χ0n) is 22.2. The predicted octanol–water partition coefficient (Wildman–Crippen LogP) is 10.1. The molecule has 0 radical (unpaired) electrons. The van der Waals surface area contributed by atoms with E-state index in [9.17, 15) is 0 Å². The molecule has 8 rings (SSSR count). The van der Waals surface area contributed by atoms with Crippen LogP contribution in [0, 0.1) is 0 Å². The third kappa shape index (κ3) is 4.07. The Kier molecular flexibility index (Phi) is 5.46. The summed E-state index contributed by atoms with van der Waals surface area (Å²) in [4.78, 5) is 10.2. The fraction of sp³-hybridized carbons (Fsp3) is 0. The van der Waals surface area contributed by atoms with E-state index >= 15 is 0 Å². The molecule has 1 aromatic heterocycles. The van der Waals surface area contributed by atoms with E-state index in [0.29, 0.717) is 5.82 Å². The molecule has 7 aromatic rings. The Balaban J connectivity index is 1.31. The lowest BCUT2D eigenvalue weighted by atomic mass is 9.93. The van der Waals surface area contributed by atoms with Gasteiger partial charge in [-0.1, -0.05) is 121 Å². The summed E-state index contributed by atoms with van der Waals surface area (Å²) in [6, 6.07) is 50.2. The van der Waals surface area contributed by atoms with Crippen LogP contribution in [0.2, 0.25) is 0 Å². The number of aromatic nitrogens is 2. The van der Waals surface area contributed by atoms with Gasteiger partial charge in [-0.05, 0) is 46.3 Å². The molecular formula is C38H24N2O. The molecule has 1 aliphatic rings. The summed E-state index contributed by atoms with van der Waals surface area (Å²) in [5.41, 5.74) is 9.31. The van der Waals surface area contributed by atoms with Gasteiger partial charge in [0.15, 0.2) is 5.82 Å². The lowest BCUT2D eigenvalue weighted by Gasteiger charge is -2.22. The van der Waals surface area contributed by atoms with Gasteiger partial charge in [-0.2, -0.15) is 0 Å². The van der Waals surface area contributed by atoms with Crippen LogP contribution in [0.25, 0.3) is 66.9 Å². The van der Waals surface area contributed by atoms with Gasteiger partial charge in [0, 0.05) is 27.6 Å². The van der Waals surface area contributed by atoms with Crippen molar-refractivity contribution in [1.29, 1.82) is 0 Å². The number of rotatable bonds is 4. The van der Waals surface area contributed by atoms with E-state index in [2.05, 4.69) is 109 Å². The molecule has 6 aromatic carbocycles. The van der Waals surface area contributed by atoms with Crippen LogP contribution in [-0.2, 0) is 0 Å².